The van der Waals surface area contributed by atoms with Crippen molar-refractivity contribution >= 4 is 19.6 Å². The van der Waals surface area contributed by atoms with Crippen molar-refractivity contribution in [2.45, 2.75) is 0 Å². The molecule has 0 aromatic heterocycles. The van der Waals surface area contributed by atoms with Crippen molar-refractivity contribution in [3.63, 3.8) is 0 Å². The van der Waals surface area contributed by atoms with Gasteiger partial charge in [-0.2, -0.15) is 0 Å². The Labute approximate surface area is 165 Å². The fourth-order valence-corrected chi connectivity index (χ4v) is 2.31. The molecule has 0 spiro atoms. The molecule has 0 aliphatic heterocycles. The van der Waals surface area contributed by atoms with Crippen LogP contribution < -0.4 is 18.8 Å². The SMILES string of the molecule is COC(=O)c1c(F)cc(O[B]Oc2cc(F)c(C(=O)OC)c(OC)c2)cc1OC. The van der Waals surface area contributed by atoms with Gasteiger partial charge < -0.3 is 28.3 Å². The smallest absolute Gasteiger partial charge is 0.526 e. The van der Waals surface area contributed by atoms with Crippen LogP contribution in [0.3, 0.4) is 0 Å². The standard InChI is InChI=1S/C18H16BF2O8/c1-24-13-7-9(5-11(20)15(13)17(22)26-3)28-19-29-10-6-12(21)16(18(23)27-4)14(8-10)25-2/h5-8H,1-4H3. The quantitative estimate of drug-likeness (QED) is 0.486. The number of benzene rings is 2. The summed E-state index contributed by atoms with van der Waals surface area (Å²) in [5.74, 6) is -4.06. The number of halogens is 2. The molecule has 0 bridgehead atoms. The van der Waals surface area contributed by atoms with Gasteiger partial charge in [0.1, 0.15) is 45.8 Å². The largest absolute Gasteiger partial charge is 0.658 e. The summed E-state index contributed by atoms with van der Waals surface area (Å²) in [5.41, 5.74) is -0.790. The van der Waals surface area contributed by atoms with Gasteiger partial charge in [0, 0.05) is 24.3 Å². The maximum atomic E-state index is 14.2. The van der Waals surface area contributed by atoms with Gasteiger partial charge >= 0.3 is 19.6 Å². The van der Waals surface area contributed by atoms with Crippen molar-refractivity contribution in [1.82, 2.24) is 0 Å². The van der Waals surface area contributed by atoms with Crippen LogP contribution in [-0.4, -0.2) is 48.1 Å². The molecule has 2 rings (SSSR count). The van der Waals surface area contributed by atoms with Crippen molar-refractivity contribution in [3.8, 4) is 23.0 Å². The Hall–Kier alpha value is -3.50. The molecule has 153 valence electrons. The summed E-state index contributed by atoms with van der Waals surface area (Å²) in [5, 5.41) is 0. The van der Waals surface area contributed by atoms with E-state index in [4.69, 9.17) is 18.8 Å². The summed E-state index contributed by atoms with van der Waals surface area (Å²) < 4.78 is 57.5. The van der Waals surface area contributed by atoms with Crippen LogP contribution in [0.15, 0.2) is 24.3 Å². The first-order valence-electron chi connectivity index (χ1n) is 7.92. The van der Waals surface area contributed by atoms with Gasteiger partial charge in [-0.1, -0.05) is 0 Å². The maximum Gasteiger partial charge on any atom is 0.658 e. The molecule has 29 heavy (non-hydrogen) atoms. The van der Waals surface area contributed by atoms with E-state index in [1.807, 2.05) is 0 Å². The third-order valence-electron chi connectivity index (χ3n) is 3.64. The molecule has 11 heteroatoms. The fraction of sp³-hybridized carbons (Fsp3) is 0.222. The van der Waals surface area contributed by atoms with E-state index in [1.54, 1.807) is 0 Å². The highest BCUT2D eigenvalue weighted by Crippen LogP contribution is 2.30. The van der Waals surface area contributed by atoms with Crippen LogP contribution in [-0.2, 0) is 9.47 Å². The highest BCUT2D eigenvalue weighted by atomic mass is 19.1. The molecule has 2 aromatic carbocycles. The molecular formula is C18H16BF2O8. The number of hydrogen-bond acceptors (Lipinski definition) is 8. The topological polar surface area (TPSA) is 89.5 Å². The van der Waals surface area contributed by atoms with Gasteiger partial charge in [-0.25, -0.2) is 18.4 Å². The molecule has 2 aromatic rings. The van der Waals surface area contributed by atoms with E-state index in [0.717, 1.165) is 34.0 Å². The maximum absolute atomic E-state index is 14.2. The Balaban J connectivity index is 2.16. The lowest BCUT2D eigenvalue weighted by Gasteiger charge is -2.13. The zero-order valence-corrected chi connectivity index (χ0v) is 15.9. The molecule has 0 N–H and O–H groups in total. The van der Waals surface area contributed by atoms with Crippen molar-refractivity contribution in [1.29, 1.82) is 0 Å². The van der Waals surface area contributed by atoms with Crippen LogP contribution in [0, 0.1) is 11.6 Å². The summed E-state index contributed by atoms with van der Waals surface area (Å²) in [7, 11) is 5.47. The summed E-state index contributed by atoms with van der Waals surface area (Å²) >= 11 is 0. The highest BCUT2D eigenvalue weighted by molar-refractivity contribution is 6.20. The van der Waals surface area contributed by atoms with Gasteiger partial charge in [-0.3, -0.25) is 0 Å². The number of methoxy groups -OCH3 is 4. The number of hydrogen-bond donors (Lipinski definition) is 0. The Bertz CT molecular complexity index is 846. The third-order valence-corrected chi connectivity index (χ3v) is 3.64. The number of rotatable bonds is 8. The summed E-state index contributed by atoms with van der Waals surface area (Å²) in [6.45, 7) is 0. The molecule has 0 aliphatic carbocycles. The lowest BCUT2D eigenvalue weighted by atomic mass is 10.1. The second kappa shape index (κ2) is 9.62. The van der Waals surface area contributed by atoms with Crippen LogP contribution in [0.5, 0.6) is 23.0 Å². The van der Waals surface area contributed by atoms with Crippen molar-refractivity contribution in [2.75, 3.05) is 28.4 Å². The van der Waals surface area contributed by atoms with Gasteiger partial charge in [0.2, 0.25) is 0 Å². The Morgan fingerprint density at radius 3 is 1.41 bits per heavy atom. The molecule has 0 heterocycles. The summed E-state index contributed by atoms with van der Waals surface area (Å²) in [4.78, 5) is 23.2. The second-order valence-electron chi connectivity index (χ2n) is 5.28. The first kappa shape index (κ1) is 21.8. The molecule has 0 saturated carbocycles. The number of ether oxygens (including phenoxy) is 4. The van der Waals surface area contributed by atoms with Gasteiger partial charge in [0.25, 0.3) is 0 Å². The minimum Gasteiger partial charge on any atom is -0.526 e. The van der Waals surface area contributed by atoms with E-state index >= 15 is 0 Å². The summed E-state index contributed by atoms with van der Waals surface area (Å²) in [6, 6.07) is 4.29. The van der Waals surface area contributed by atoms with Crippen LogP contribution >= 0.6 is 0 Å². The molecular weight excluding hydrogens is 393 g/mol. The zero-order valence-electron chi connectivity index (χ0n) is 15.9. The number of carbonyl (C=O) groups excluding carboxylic acids is 2. The zero-order chi connectivity index (χ0) is 21.6. The van der Waals surface area contributed by atoms with E-state index in [9.17, 15) is 18.4 Å². The Morgan fingerprint density at radius 1 is 0.724 bits per heavy atom. The predicted molar refractivity (Wildman–Crippen MR) is 95.6 cm³/mol. The monoisotopic (exact) mass is 409 g/mol. The molecule has 0 unspecified atom stereocenters. The van der Waals surface area contributed by atoms with E-state index in [2.05, 4.69) is 9.47 Å². The fourth-order valence-electron chi connectivity index (χ4n) is 2.31. The minimum atomic E-state index is -0.935. The van der Waals surface area contributed by atoms with E-state index < -0.39 is 34.7 Å². The van der Waals surface area contributed by atoms with E-state index in [1.165, 1.54) is 26.4 Å². The first-order chi connectivity index (χ1) is 13.9. The number of esters is 2. The average molecular weight is 409 g/mol. The van der Waals surface area contributed by atoms with Crippen molar-refractivity contribution < 1.29 is 46.6 Å². The molecule has 0 aliphatic rings. The molecule has 0 atom stereocenters. The average Bonchev–Trinajstić information content (AvgIpc) is 2.71. The predicted octanol–water partition coefficient (Wildman–Crippen LogP) is 2.55. The third kappa shape index (κ3) is 4.87. The van der Waals surface area contributed by atoms with Gasteiger partial charge in [0.05, 0.1) is 28.4 Å². The van der Waals surface area contributed by atoms with Gasteiger partial charge in [0.15, 0.2) is 0 Å². The molecule has 0 fully saturated rings. The van der Waals surface area contributed by atoms with Crippen LogP contribution in [0.2, 0.25) is 0 Å². The van der Waals surface area contributed by atoms with Gasteiger partial charge in [-0.05, 0) is 0 Å². The van der Waals surface area contributed by atoms with Crippen LogP contribution in [0.4, 0.5) is 8.78 Å². The lowest BCUT2D eigenvalue weighted by molar-refractivity contribution is 0.0582. The van der Waals surface area contributed by atoms with E-state index in [-0.39, 0.29) is 23.0 Å². The molecule has 0 amide bonds. The van der Waals surface area contributed by atoms with E-state index in [0.29, 0.717) is 0 Å². The molecule has 8 nitrogen and oxygen atoms in total. The lowest BCUT2D eigenvalue weighted by Crippen LogP contribution is -2.14. The van der Waals surface area contributed by atoms with Crippen LogP contribution in [0.1, 0.15) is 20.7 Å². The summed E-state index contributed by atoms with van der Waals surface area (Å²) in [6.07, 6.45) is 0. The Kier molecular flexibility index (Phi) is 7.24. The normalized spacial score (nSPS) is 10.0. The van der Waals surface area contributed by atoms with Gasteiger partial charge in [-0.15, -0.1) is 0 Å². The first-order valence-corrected chi connectivity index (χ1v) is 7.92. The Morgan fingerprint density at radius 2 is 1.10 bits per heavy atom. The molecule has 1 radical (unpaired) electrons. The number of carbonyl (C=O) groups is 2. The second-order valence-corrected chi connectivity index (χ2v) is 5.28. The van der Waals surface area contributed by atoms with Crippen molar-refractivity contribution in [3.05, 3.63) is 47.0 Å². The molecule has 0 saturated heterocycles. The highest BCUT2D eigenvalue weighted by Gasteiger charge is 2.22. The minimum absolute atomic E-state index is 0.0642. The van der Waals surface area contributed by atoms with Crippen LogP contribution in [0.25, 0.3) is 0 Å². The van der Waals surface area contributed by atoms with Crippen molar-refractivity contribution in [2.24, 2.45) is 0 Å².